The van der Waals surface area contributed by atoms with Crippen molar-refractivity contribution < 1.29 is 14.7 Å². The fraction of sp³-hybridized carbons (Fsp3) is 0. The Morgan fingerprint density at radius 3 is 1.92 bits per heavy atom. The van der Waals surface area contributed by atoms with E-state index in [1.54, 1.807) is 60.7 Å². The highest BCUT2D eigenvalue weighted by Crippen LogP contribution is 2.17. The monoisotopic (exact) mass is 347 g/mol. The number of urea groups is 1. The van der Waals surface area contributed by atoms with E-state index in [1.165, 1.54) is 12.1 Å². The van der Waals surface area contributed by atoms with Crippen molar-refractivity contribution in [1.29, 1.82) is 0 Å². The van der Waals surface area contributed by atoms with Crippen molar-refractivity contribution in [3.05, 3.63) is 84.4 Å². The van der Waals surface area contributed by atoms with Crippen molar-refractivity contribution in [2.45, 2.75) is 0 Å². The van der Waals surface area contributed by atoms with E-state index in [1.807, 2.05) is 6.07 Å². The molecule has 0 aliphatic rings. The van der Waals surface area contributed by atoms with E-state index < -0.39 is 6.03 Å². The van der Waals surface area contributed by atoms with Gasteiger partial charge in [-0.15, -0.1) is 0 Å². The first kappa shape index (κ1) is 17.0. The predicted molar refractivity (Wildman–Crippen MR) is 102 cm³/mol. The third kappa shape index (κ3) is 4.61. The second-order valence-corrected chi connectivity index (χ2v) is 5.53. The maximum atomic E-state index is 12.1. The molecule has 0 aliphatic carbocycles. The summed E-state index contributed by atoms with van der Waals surface area (Å²) in [5.74, 6) is -0.130. The maximum Gasteiger partial charge on any atom is 0.323 e. The minimum atomic E-state index is -0.434. The molecule has 6 heteroatoms. The SMILES string of the molecule is O=C(Nc1ccc(NC(=O)c2ccccc2)cc1)Nc1cccc(O)c1. The van der Waals surface area contributed by atoms with Crippen LogP contribution in [-0.2, 0) is 0 Å². The fourth-order valence-corrected chi connectivity index (χ4v) is 2.31. The van der Waals surface area contributed by atoms with Crippen LogP contribution in [0.5, 0.6) is 5.75 Å². The normalized spacial score (nSPS) is 10.0. The molecule has 4 N–H and O–H groups in total. The standard InChI is InChI=1S/C20H17N3O3/c24-18-8-4-7-17(13-18)23-20(26)22-16-11-9-15(10-12-16)21-19(25)14-5-2-1-3-6-14/h1-13,24H,(H,21,25)(H2,22,23,26). The number of phenols is 1. The minimum absolute atomic E-state index is 0.0707. The number of rotatable bonds is 4. The summed E-state index contributed by atoms with van der Waals surface area (Å²) in [5, 5.41) is 17.5. The van der Waals surface area contributed by atoms with Crippen LogP contribution in [0.15, 0.2) is 78.9 Å². The van der Waals surface area contributed by atoms with Crippen LogP contribution in [0.25, 0.3) is 0 Å². The second-order valence-electron chi connectivity index (χ2n) is 5.53. The Bertz CT molecular complexity index is 909. The molecule has 3 aromatic carbocycles. The molecule has 3 amide bonds. The molecule has 3 rings (SSSR count). The quantitative estimate of drug-likeness (QED) is 0.567. The van der Waals surface area contributed by atoms with Gasteiger partial charge in [-0.3, -0.25) is 4.79 Å². The lowest BCUT2D eigenvalue weighted by Gasteiger charge is -2.09. The Morgan fingerprint density at radius 2 is 1.27 bits per heavy atom. The molecule has 26 heavy (non-hydrogen) atoms. The number of carbonyl (C=O) groups is 2. The van der Waals surface area contributed by atoms with Gasteiger partial charge in [0.15, 0.2) is 0 Å². The molecule has 6 nitrogen and oxygen atoms in total. The van der Waals surface area contributed by atoms with Gasteiger partial charge in [0.1, 0.15) is 5.75 Å². The zero-order chi connectivity index (χ0) is 18.4. The molecular weight excluding hydrogens is 330 g/mol. The lowest BCUT2D eigenvalue weighted by atomic mass is 10.2. The average Bonchev–Trinajstić information content (AvgIpc) is 2.64. The van der Waals surface area contributed by atoms with Crippen LogP contribution in [0.2, 0.25) is 0 Å². The maximum absolute atomic E-state index is 12.1. The van der Waals surface area contributed by atoms with E-state index in [2.05, 4.69) is 16.0 Å². The average molecular weight is 347 g/mol. The van der Waals surface area contributed by atoms with Crippen LogP contribution < -0.4 is 16.0 Å². The third-order valence-corrected chi connectivity index (χ3v) is 3.54. The van der Waals surface area contributed by atoms with Gasteiger partial charge in [-0.05, 0) is 48.5 Å². The van der Waals surface area contributed by atoms with E-state index in [4.69, 9.17) is 0 Å². The van der Waals surface area contributed by atoms with Crippen LogP contribution in [0, 0.1) is 0 Å². The van der Waals surface area contributed by atoms with E-state index in [9.17, 15) is 14.7 Å². The molecule has 0 aliphatic heterocycles. The highest BCUT2D eigenvalue weighted by molar-refractivity contribution is 6.04. The summed E-state index contributed by atoms with van der Waals surface area (Å²) in [4.78, 5) is 24.1. The number of amides is 3. The highest BCUT2D eigenvalue weighted by Gasteiger charge is 2.06. The summed E-state index contributed by atoms with van der Waals surface area (Å²) < 4.78 is 0. The van der Waals surface area contributed by atoms with Gasteiger partial charge in [-0.1, -0.05) is 24.3 Å². The first-order valence-corrected chi connectivity index (χ1v) is 7.94. The van der Waals surface area contributed by atoms with Gasteiger partial charge < -0.3 is 21.1 Å². The number of nitrogens with one attached hydrogen (secondary N) is 3. The van der Waals surface area contributed by atoms with Gasteiger partial charge in [0, 0.05) is 28.7 Å². The number of aromatic hydroxyl groups is 1. The third-order valence-electron chi connectivity index (χ3n) is 3.54. The Hall–Kier alpha value is -3.80. The molecular formula is C20H17N3O3. The minimum Gasteiger partial charge on any atom is -0.508 e. The van der Waals surface area contributed by atoms with Crippen molar-refractivity contribution in [2.24, 2.45) is 0 Å². The molecule has 0 fully saturated rings. The molecule has 3 aromatic rings. The Balaban J connectivity index is 1.57. The molecule has 0 unspecified atom stereocenters. The van der Waals surface area contributed by atoms with E-state index in [0.717, 1.165) is 0 Å². The summed E-state index contributed by atoms with van der Waals surface area (Å²) in [6.45, 7) is 0. The second kappa shape index (κ2) is 7.85. The van der Waals surface area contributed by atoms with Crippen LogP contribution >= 0.6 is 0 Å². The van der Waals surface area contributed by atoms with Crippen molar-refractivity contribution in [1.82, 2.24) is 0 Å². The molecule has 0 saturated carbocycles. The summed E-state index contributed by atoms with van der Waals surface area (Å²) in [5.41, 5.74) is 2.24. The van der Waals surface area contributed by atoms with Crippen LogP contribution in [-0.4, -0.2) is 17.0 Å². The molecule has 0 aromatic heterocycles. The van der Waals surface area contributed by atoms with Crippen molar-refractivity contribution in [2.75, 3.05) is 16.0 Å². The molecule has 0 atom stereocenters. The summed E-state index contributed by atoms with van der Waals surface area (Å²) in [7, 11) is 0. The smallest absolute Gasteiger partial charge is 0.323 e. The lowest BCUT2D eigenvalue weighted by Crippen LogP contribution is -2.19. The number of carbonyl (C=O) groups excluding carboxylic acids is 2. The number of anilines is 3. The summed E-state index contributed by atoms with van der Waals surface area (Å²) in [6.07, 6.45) is 0. The van der Waals surface area contributed by atoms with Crippen molar-refractivity contribution in [3.63, 3.8) is 0 Å². The molecule has 130 valence electrons. The van der Waals surface area contributed by atoms with Crippen LogP contribution in [0.3, 0.4) is 0 Å². The van der Waals surface area contributed by atoms with E-state index in [-0.39, 0.29) is 11.7 Å². The lowest BCUT2D eigenvalue weighted by molar-refractivity contribution is 0.102. The Morgan fingerprint density at radius 1 is 0.654 bits per heavy atom. The van der Waals surface area contributed by atoms with Gasteiger partial charge in [0.2, 0.25) is 0 Å². The predicted octanol–water partition coefficient (Wildman–Crippen LogP) is 4.29. The molecule has 0 saturated heterocycles. The first-order valence-electron chi connectivity index (χ1n) is 7.94. The number of hydrogen-bond acceptors (Lipinski definition) is 3. The zero-order valence-electron chi connectivity index (χ0n) is 13.8. The van der Waals surface area contributed by atoms with Gasteiger partial charge in [-0.25, -0.2) is 4.79 Å². The molecule has 0 bridgehead atoms. The van der Waals surface area contributed by atoms with Gasteiger partial charge in [0.05, 0.1) is 0 Å². The molecule has 0 radical (unpaired) electrons. The number of benzene rings is 3. The Kier molecular flexibility index (Phi) is 5.14. The van der Waals surface area contributed by atoms with Crippen molar-refractivity contribution >= 4 is 29.0 Å². The van der Waals surface area contributed by atoms with Crippen LogP contribution in [0.1, 0.15) is 10.4 Å². The summed E-state index contributed by atoms with van der Waals surface area (Å²) >= 11 is 0. The van der Waals surface area contributed by atoms with Gasteiger partial charge in [0.25, 0.3) is 5.91 Å². The molecule has 0 heterocycles. The fourth-order valence-electron chi connectivity index (χ4n) is 2.31. The van der Waals surface area contributed by atoms with Gasteiger partial charge in [-0.2, -0.15) is 0 Å². The topological polar surface area (TPSA) is 90.5 Å². The van der Waals surface area contributed by atoms with Crippen molar-refractivity contribution in [3.8, 4) is 5.75 Å². The van der Waals surface area contributed by atoms with Gasteiger partial charge >= 0.3 is 6.03 Å². The van der Waals surface area contributed by atoms with Crippen LogP contribution in [0.4, 0.5) is 21.9 Å². The Labute approximate surface area is 150 Å². The highest BCUT2D eigenvalue weighted by atomic mass is 16.3. The number of hydrogen-bond donors (Lipinski definition) is 4. The van der Waals surface area contributed by atoms with E-state index in [0.29, 0.717) is 22.6 Å². The first-order chi connectivity index (χ1) is 12.6. The summed E-state index contributed by atoms with van der Waals surface area (Å²) in [6, 6.07) is 21.5. The zero-order valence-corrected chi connectivity index (χ0v) is 13.8. The van der Waals surface area contributed by atoms with E-state index >= 15 is 0 Å². The largest absolute Gasteiger partial charge is 0.508 e. The number of phenolic OH excluding ortho intramolecular Hbond substituents is 1. The molecule has 0 spiro atoms.